The molecule has 0 aliphatic rings. The normalized spacial score (nSPS) is 10.3. The Labute approximate surface area is 171 Å². The first-order valence-electron chi connectivity index (χ1n) is 9.76. The third kappa shape index (κ3) is 7.83. The molecule has 2 aromatic carbocycles. The number of unbranched alkanes of at least 4 members (excludes halogenated alkanes) is 1. The van der Waals surface area contributed by atoms with Crippen molar-refractivity contribution in [1.82, 2.24) is 5.32 Å². The molecule has 0 heterocycles. The summed E-state index contributed by atoms with van der Waals surface area (Å²) in [6, 6.07) is 14.3. The predicted octanol–water partition coefficient (Wildman–Crippen LogP) is 3.29. The number of hydrogen-bond donors (Lipinski definition) is 3. The molecule has 0 aromatic heterocycles. The van der Waals surface area contributed by atoms with Crippen molar-refractivity contribution in [1.29, 1.82) is 0 Å². The van der Waals surface area contributed by atoms with Gasteiger partial charge in [0, 0.05) is 24.9 Å². The maximum atomic E-state index is 12.3. The average molecular weight is 399 g/mol. The molecule has 0 saturated carbocycles. The van der Waals surface area contributed by atoms with Crippen LogP contribution in [0.4, 0.5) is 11.4 Å². The highest BCUT2D eigenvalue weighted by atomic mass is 16.5. The number of carbonyl (C=O) groups excluding carboxylic acids is 2. The lowest BCUT2D eigenvalue weighted by atomic mass is 10.2. The van der Waals surface area contributed by atoms with E-state index in [-0.39, 0.29) is 18.4 Å². The number of hydrogen-bond acceptors (Lipinski definition) is 5. The number of para-hydroxylation sites is 2. The smallest absolute Gasteiger partial charge is 0.251 e. The second-order valence-corrected chi connectivity index (χ2v) is 6.43. The van der Waals surface area contributed by atoms with Gasteiger partial charge in [0.05, 0.1) is 25.4 Å². The van der Waals surface area contributed by atoms with E-state index in [9.17, 15) is 9.59 Å². The van der Waals surface area contributed by atoms with Crippen molar-refractivity contribution in [3.8, 4) is 5.75 Å². The summed E-state index contributed by atoms with van der Waals surface area (Å²) in [7, 11) is 1.58. The molecule has 0 aliphatic carbocycles. The first kappa shape index (κ1) is 22.2. The molecule has 7 heteroatoms. The summed E-state index contributed by atoms with van der Waals surface area (Å²) < 4.78 is 10.7. The highest BCUT2D eigenvalue weighted by Crippen LogP contribution is 2.23. The summed E-state index contributed by atoms with van der Waals surface area (Å²) >= 11 is 0. The first-order valence-corrected chi connectivity index (χ1v) is 9.76. The SMILES string of the molecule is CCCCOc1ccccc1NCC(=O)Nc1cccc(C(=O)NCCOC)c1. The van der Waals surface area contributed by atoms with Crippen molar-refractivity contribution < 1.29 is 19.1 Å². The molecule has 0 fully saturated rings. The van der Waals surface area contributed by atoms with Crippen LogP contribution >= 0.6 is 0 Å². The molecular weight excluding hydrogens is 370 g/mol. The number of rotatable bonds is 12. The van der Waals surface area contributed by atoms with Gasteiger partial charge in [0.1, 0.15) is 5.75 Å². The molecule has 7 nitrogen and oxygen atoms in total. The van der Waals surface area contributed by atoms with Gasteiger partial charge in [-0.15, -0.1) is 0 Å². The molecule has 29 heavy (non-hydrogen) atoms. The van der Waals surface area contributed by atoms with Gasteiger partial charge >= 0.3 is 0 Å². The van der Waals surface area contributed by atoms with E-state index in [1.807, 2.05) is 24.3 Å². The maximum absolute atomic E-state index is 12.3. The number of anilines is 2. The number of methoxy groups -OCH3 is 1. The van der Waals surface area contributed by atoms with Crippen LogP contribution in [0.1, 0.15) is 30.1 Å². The third-order valence-electron chi connectivity index (χ3n) is 4.08. The second kappa shape index (κ2) is 12.4. The van der Waals surface area contributed by atoms with E-state index in [0.29, 0.717) is 31.0 Å². The molecule has 0 bridgehead atoms. The monoisotopic (exact) mass is 399 g/mol. The highest BCUT2D eigenvalue weighted by molar-refractivity contribution is 5.98. The van der Waals surface area contributed by atoms with E-state index in [0.717, 1.165) is 24.3 Å². The molecule has 2 rings (SSSR count). The van der Waals surface area contributed by atoms with Crippen LogP contribution in [0.5, 0.6) is 5.75 Å². The third-order valence-corrected chi connectivity index (χ3v) is 4.08. The Morgan fingerprint density at radius 2 is 1.86 bits per heavy atom. The first-order chi connectivity index (χ1) is 14.1. The molecule has 3 N–H and O–H groups in total. The Bertz CT molecular complexity index is 795. The fourth-order valence-electron chi connectivity index (χ4n) is 2.55. The zero-order valence-corrected chi connectivity index (χ0v) is 17.0. The molecule has 0 spiro atoms. The van der Waals surface area contributed by atoms with Crippen LogP contribution in [0.2, 0.25) is 0 Å². The van der Waals surface area contributed by atoms with Crippen LogP contribution in [0.15, 0.2) is 48.5 Å². The van der Waals surface area contributed by atoms with Gasteiger partial charge in [-0.05, 0) is 36.8 Å². The Kier molecular flexibility index (Phi) is 9.51. The molecule has 0 radical (unpaired) electrons. The molecular formula is C22H29N3O4. The lowest BCUT2D eigenvalue weighted by molar-refractivity contribution is -0.114. The van der Waals surface area contributed by atoms with Gasteiger partial charge in [-0.1, -0.05) is 31.5 Å². The van der Waals surface area contributed by atoms with Crippen LogP contribution < -0.4 is 20.7 Å². The van der Waals surface area contributed by atoms with Crippen molar-refractivity contribution in [2.24, 2.45) is 0 Å². The van der Waals surface area contributed by atoms with Gasteiger partial charge in [-0.25, -0.2) is 0 Å². The van der Waals surface area contributed by atoms with Gasteiger partial charge in [0.25, 0.3) is 5.91 Å². The minimum absolute atomic E-state index is 0.0818. The van der Waals surface area contributed by atoms with Gasteiger partial charge in [0.2, 0.25) is 5.91 Å². The molecule has 0 unspecified atom stereocenters. The van der Waals surface area contributed by atoms with Gasteiger partial charge in [0.15, 0.2) is 0 Å². The van der Waals surface area contributed by atoms with Gasteiger partial charge in [-0.3, -0.25) is 9.59 Å². The largest absolute Gasteiger partial charge is 0.491 e. The highest BCUT2D eigenvalue weighted by Gasteiger charge is 2.09. The van der Waals surface area contributed by atoms with Crippen molar-refractivity contribution in [2.75, 3.05) is 44.0 Å². The van der Waals surface area contributed by atoms with Crippen LogP contribution in [0, 0.1) is 0 Å². The summed E-state index contributed by atoms with van der Waals surface area (Å²) in [6.07, 6.45) is 2.03. The quantitative estimate of drug-likeness (QED) is 0.477. The van der Waals surface area contributed by atoms with E-state index in [1.54, 1.807) is 31.4 Å². The lowest BCUT2D eigenvalue weighted by Crippen LogP contribution is -2.27. The predicted molar refractivity (Wildman–Crippen MR) is 115 cm³/mol. The molecule has 0 atom stereocenters. The summed E-state index contributed by atoms with van der Waals surface area (Å²) in [6.45, 7) is 3.70. The molecule has 2 aromatic rings. The minimum Gasteiger partial charge on any atom is -0.491 e. The van der Waals surface area contributed by atoms with E-state index in [4.69, 9.17) is 9.47 Å². The topological polar surface area (TPSA) is 88.7 Å². The summed E-state index contributed by atoms with van der Waals surface area (Å²) in [4.78, 5) is 24.4. The van der Waals surface area contributed by atoms with E-state index in [1.165, 1.54) is 0 Å². The van der Waals surface area contributed by atoms with Gasteiger partial charge in [-0.2, -0.15) is 0 Å². The number of benzene rings is 2. The number of nitrogens with one attached hydrogen (secondary N) is 3. The maximum Gasteiger partial charge on any atom is 0.251 e. The fraction of sp³-hybridized carbons (Fsp3) is 0.364. The van der Waals surface area contributed by atoms with Crippen molar-refractivity contribution in [2.45, 2.75) is 19.8 Å². The molecule has 0 aliphatic heterocycles. The second-order valence-electron chi connectivity index (χ2n) is 6.43. The number of amides is 2. The molecule has 156 valence electrons. The van der Waals surface area contributed by atoms with Crippen LogP contribution in [0.25, 0.3) is 0 Å². The standard InChI is InChI=1S/C22H29N3O4/c1-3-4-13-29-20-11-6-5-10-19(20)24-16-21(26)25-18-9-7-8-17(15-18)22(27)23-12-14-28-2/h5-11,15,24H,3-4,12-14,16H2,1-2H3,(H,23,27)(H,25,26). The van der Waals surface area contributed by atoms with Gasteiger partial charge < -0.3 is 25.4 Å². The lowest BCUT2D eigenvalue weighted by Gasteiger charge is -2.13. The summed E-state index contributed by atoms with van der Waals surface area (Å²) in [5.41, 5.74) is 1.80. The molecule has 0 saturated heterocycles. The van der Waals surface area contributed by atoms with Crippen molar-refractivity contribution >= 4 is 23.2 Å². The van der Waals surface area contributed by atoms with Crippen LogP contribution in [0.3, 0.4) is 0 Å². The number of carbonyl (C=O) groups is 2. The van der Waals surface area contributed by atoms with Crippen LogP contribution in [-0.2, 0) is 9.53 Å². The minimum atomic E-state index is -0.217. The van der Waals surface area contributed by atoms with Crippen molar-refractivity contribution in [3.63, 3.8) is 0 Å². The Balaban J connectivity index is 1.88. The Hall–Kier alpha value is -3.06. The Morgan fingerprint density at radius 3 is 2.66 bits per heavy atom. The molecule has 2 amide bonds. The zero-order valence-electron chi connectivity index (χ0n) is 17.0. The fourth-order valence-corrected chi connectivity index (χ4v) is 2.55. The average Bonchev–Trinajstić information content (AvgIpc) is 2.73. The van der Waals surface area contributed by atoms with E-state index < -0.39 is 0 Å². The van der Waals surface area contributed by atoms with E-state index >= 15 is 0 Å². The summed E-state index contributed by atoms with van der Waals surface area (Å²) in [5, 5.41) is 8.65. The van der Waals surface area contributed by atoms with Crippen molar-refractivity contribution in [3.05, 3.63) is 54.1 Å². The van der Waals surface area contributed by atoms with Crippen LogP contribution in [-0.4, -0.2) is 45.2 Å². The Morgan fingerprint density at radius 1 is 1.03 bits per heavy atom. The van der Waals surface area contributed by atoms with E-state index in [2.05, 4.69) is 22.9 Å². The summed E-state index contributed by atoms with van der Waals surface area (Å²) in [5.74, 6) is 0.295. The zero-order chi connectivity index (χ0) is 20.9. The number of ether oxygens (including phenoxy) is 2.